The molecule has 0 atom stereocenters. The Bertz CT molecular complexity index is 923. The van der Waals surface area contributed by atoms with Crippen LogP contribution in [0.2, 0.25) is 0 Å². The number of carbonyl (C=O) groups is 2. The zero-order chi connectivity index (χ0) is 17.5. The molecule has 6 heteroatoms. The Labute approximate surface area is 144 Å². The van der Waals surface area contributed by atoms with Crippen LogP contribution in [0, 0.1) is 0 Å². The molecule has 2 aromatic carbocycles. The van der Waals surface area contributed by atoms with Crippen LogP contribution in [0.15, 0.2) is 72.1 Å². The summed E-state index contributed by atoms with van der Waals surface area (Å²) in [5.74, 6) is -1.56. The van der Waals surface area contributed by atoms with E-state index in [9.17, 15) is 9.59 Å². The number of hydrazone groups is 1. The Morgan fingerprint density at radius 1 is 0.960 bits per heavy atom. The van der Waals surface area contributed by atoms with Gasteiger partial charge in [0.15, 0.2) is 0 Å². The van der Waals surface area contributed by atoms with E-state index in [4.69, 9.17) is 0 Å². The topological polar surface area (TPSA) is 83.5 Å². The van der Waals surface area contributed by atoms with Gasteiger partial charge in [0.05, 0.1) is 6.21 Å². The van der Waals surface area contributed by atoms with Crippen molar-refractivity contribution in [3.8, 4) is 0 Å². The molecule has 3 aromatic rings. The lowest BCUT2D eigenvalue weighted by Crippen LogP contribution is -2.37. The molecule has 0 bridgehead atoms. The van der Waals surface area contributed by atoms with Crippen LogP contribution < -0.4 is 10.7 Å². The van der Waals surface area contributed by atoms with Gasteiger partial charge >= 0.3 is 11.8 Å². The highest BCUT2D eigenvalue weighted by Crippen LogP contribution is 2.14. The molecule has 0 aliphatic rings. The van der Waals surface area contributed by atoms with Gasteiger partial charge < -0.3 is 5.32 Å². The maximum absolute atomic E-state index is 11.7. The Kier molecular flexibility index (Phi) is 5.11. The minimum absolute atomic E-state index is 0.253. The van der Waals surface area contributed by atoms with Gasteiger partial charge in [-0.25, -0.2) is 5.43 Å². The minimum Gasteiger partial charge on any atom is -0.344 e. The van der Waals surface area contributed by atoms with Gasteiger partial charge in [-0.05, 0) is 40.1 Å². The number of nitrogens with one attached hydrogen (secondary N) is 2. The SMILES string of the molecule is O=C(NCc1ccncc1)C(=O)N/N=C/c1ccc2ccccc2c1. The fraction of sp³-hybridized carbons (Fsp3) is 0.0526. The largest absolute Gasteiger partial charge is 0.344 e. The highest BCUT2D eigenvalue weighted by Gasteiger charge is 2.11. The van der Waals surface area contributed by atoms with E-state index < -0.39 is 11.8 Å². The van der Waals surface area contributed by atoms with Gasteiger partial charge in [-0.15, -0.1) is 0 Å². The van der Waals surface area contributed by atoms with Crippen LogP contribution in [0.25, 0.3) is 10.8 Å². The molecule has 25 heavy (non-hydrogen) atoms. The summed E-state index contributed by atoms with van der Waals surface area (Å²) < 4.78 is 0. The lowest BCUT2D eigenvalue weighted by atomic mass is 10.1. The minimum atomic E-state index is -0.814. The maximum Gasteiger partial charge on any atom is 0.329 e. The number of nitrogens with zero attached hydrogens (tertiary/aromatic N) is 2. The van der Waals surface area contributed by atoms with Gasteiger partial charge in [-0.3, -0.25) is 14.6 Å². The van der Waals surface area contributed by atoms with E-state index in [-0.39, 0.29) is 6.54 Å². The molecule has 3 rings (SSSR count). The van der Waals surface area contributed by atoms with E-state index in [2.05, 4.69) is 20.8 Å². The number of aromatic nitrogens is 1. The summed E-state index contributed by atoms with van der Waals surface area (Å²) in [6, 6.07) is 17.3. The normalized spacial score (nSPS) is 10.7. The highest BCUT2D eigenvalue weighted by atomic mass is 16.2. The third-order valence-electron chi connectivity index (χ3n) is 3.56. The van der Waals surface area contributed by atoms with Crippen molar-refractivity contribution in [3.05, 3.63) is 78.1 Å². The molecule has 1 aromatic heterocycles. The first-order chi connectivity index (χ1) is 12.2. The quantitative estimate of drug-likeness (QED) is 0.435. The number of fused-ring (bicyclic) bond motifs is 1. The summed E-state index contributed by atoms with van der Waals surface area (Å²) in [5.41, 5.74) is 3.91. The molecule has 0 aliphatic heterocycles. The smallest absolute Gasteiger partial charge is 0.329 e. The molecule has 0 aliphatic carbocycles. The first kappa shape index (κ1) is 16.3. The molecule has 0 spiro atoms. The number of benzene rings is 2. The fourth-order valence-electron chi connectivity index (χ4n) is 2.27. The average Bonchev–Trinajstić information content (AvgIpc) is 2.66. The number of rotatable bonds is 4. The van der Waals surface area contributed by atoms with Crippen LogP contribution in [0.1, 0.15) is 11.1 Å². The van der Waals surface area contributed by atoms with Crippen molar-refractivity contribution in [2.75, 3.05) is 0 Å². The van der Waals surface area contributed by atoms with Gasteiger partial charge in [-0.1, -0.05) is 36.4 Å². The third kappa shape index (κ3) is 4.48. The number of carbonyl (C=O) groups excluding carboxylic acids is 2. The van der Waals surface area contributed by atoms with Crippen molar-refractivity contribution in [1.29, 1.82) is 0 Å². The van der Waals surface area contributed by atoms with Crippen LogP contribution >= 0.6 is 0 Å². The zero-order valence-corrected chi connectivity index (χ0v) is 13.3. The molecule has 124 valence electrons. The standard InChI is InChI=1S/C19H16N4O2/c24-18(21-12-14-7-9-20-10-8-14)19(25)23-22-13-15-5-6-16-3-1-2-4-17(16)11-15/h1-11,13H,12H2,(H,21,24)(H,23,25)/b22-13+. The molecule has 0 saturated heterocycles. The molecular weight excluding hydrogens is 316 g/mol. The van der Waals surface area contributed by atoms with E-state index in [0.29, 0.717) is 0 Å². The average molecular weight is 332 g/mol. The Morgan fingerprint density at radius 2 is 1.72 bits per heavy atom. The monoisotopic (exact) mass is 332 g/mol. The Hall–Kier alpha value is -3.54. The van der Waals surface area contributed by atoms with Crippen molar-refractivity contribution in [2.24, 2.45) is 5.10 Å². The van der Waals surface area contributed by atoms with Gasteiger partial charge in [0.25, 0.3) is 0 Å². The Morgan fingerprint density at radius 3 is 2.52 bits per heavy atom. The van der Waals surface area contributed by atoms with Gasteiger partial charge in [0.1, 0.15) is 0 Å². The van der Waals surface area contributed by atoms with Gasteiger partial charge in [0, 0.05) is 18.9 Å². The zero-order valence-electron chi connectivity index (χ0n) is 13.3. The molecular formula is C19H16N4O2. The summed E-state index contributed by atoms with van der Waals surface area (Å²) in [7, 11) is 0. The fourth-order valence-corrected chi connectivity index (χ4v) is 2.27. The van der Waals surface area contributed by atoms with E-state index in [1.807, 2.05) is 42.5 Å². The summed E-state index contributed by atoms with van der Waals surface area (Å²) in [5, 5.41) is 8.55. The van der Waals surface area contributed by atoms with Crippen LogP contribution in [0.5, 0.6) is 0 Å². The summed E-state index contributed by atoms with van der Waals surface area (Å²) in [4.78, 5) is 27.3. The van der Waals surface area contributed by atoms with Gasteiger partial charge in [-0.2, -0.15) is 5.10 Å². The number of amides is 2. The lowest BCUT2D eigenvalue weighted by Gasteiger charge is -2.03. The van der Waals surface area contributed by atoms with Crippen molar-refractivity contribution in [3.63, 3.8) is 0 Å². The molecule has 0 radical (unpaired) electrons. The molecule has 2 N–H and O–H groups in total. The predicted molar refractivity (Wildman–Crippen MR) is 95.8 cm³/mol. The summed E-state index contributed by atoms with van der Waals surface area (Å²) >= 11 is 0. The van der Waals surface area contributed by atoms with Crippen LogP contribution in [0.3, 0.4) is 0 Å². The highest BCUT2D eigenvalue weighted by molar-refractivity contribution is 6.35. The van der Waals surface area contributed by atoms with Crippen LogP contribution in [0.4, 0.5) is 0 Å². The van der Waals surface area contributed by atoms with Crippen LogP contribution in [-0.2, 0) is 16.1 Å². The Balaban J connectivity index is 1.53. The molecule has 0 unspecified atom stereocenters. The third-order valence-corrected chi connectivity index (χ3v) is 3.56. The number of hydrogen-bond acceptors (Lipinski definition) is 4. The summed E-state index contributed by atoms with van der Waals surface area (Å²) in [6.07, 6.45) is 4.74. The lowest BCUT2D eigenvalue weighted by molar-refractivity contribution is -0.139. The first-order valence-corrected chi connectivity index (χ1v) is 7.71. The first-order valence-electron chi connectivity index (χ1n) is 7.71. The predicted octanol–water partition coefficient (Wildman–Crippen LogP) is 2.00. The van der Waals surface area contributed by atoms with Crippen LogP contribution in [-0.4, -0.2) is 23.0 Å². The van der Waals surface area contributed by atoms with E-state index >= 15 is 0 Å². The van der Waals surface area contributed by atoms with Crippen molar-refractivity contribution in [1.82, 2.24) is 15.7 Å². The van der Waals surface area contributed by atoms with E-state index in [1.54, 1.807) is 24.5 Å². The molecule has 0 fully saturated rings. The molecule has 6 nitrogen and oxygen atoms in total. The van der Waals surface area contributed by atoms with Crippen molar-refractivity contribution >= 4 is 28.8 Å². The van der Waals surface area contributed by atoms with Gasteiger partial charge in [0.2, 0.25) is 0 Å². The van der Waals surface area contributed by atoms with Crippen molar-refractivity contribution in [2.45, 2.75) is 6.54 Å². The summed E-state index contributed by atoms with van der Waals surface area (Å²) in [6.45, 7) is 0.253. The number of pyridine rings is 1. The number of hydrogen-bond donors (Lipinski definition) is 2. The maximum atomic E-state index is 11.7. The second-order valence-corrected chi connectivity index (χ2v) is 5.34. The second-order valence-electron chi connectivity index (χ2n) is 5.34. The van der Waals surface area contributed by atoms with Crippen molar-refractivity contribution < 1.29 is 9.59 Å². The second kappa shape index (κ2) is 7.83. The molecule has 1 heterocycles. The van der Waals surface area contributed by atoms with E-state index in [1.165, 1.54) is 6.21 Å². The molecule has 0 saturated carbocycles. The van der Waals surface area contributed by atoms with E-state index in [0.717, 1.165) is 21.9 Å². The molecule has 2 amide bonds.